The molecule has 27 heavy (non-hydrogen) atoms. The van der Waals surface area contributed by atoms with Crippen LogP contribution in [-0.2, 0) is 11.2 Å². The number of halogens is 1. The van der Waals surface area contributed by atoms with E-state index >= 15 is 0 Å². The first-order chi connectivity index (χ1) is 13.0. The fraction of sp³-hybridized carbons (Fsp3) is 0.636. The summed E-state index contributed by atoms with van der Waals surface area (Å²) in [6.07, 6.45) is 5.83. The van der Waals surface area contributed by atoms with Crippen molar-refractivity contribution in [1.29, 1.82) is 0 Å². The Morgan fingerprint density at radius 2 is 2.22 bits per heavy atom. The van der Waals surface area contributed by atoms with Crippen molar-refractivity contribution in [3.05, 3.63) is 35.1 Å². The molecule has 5 heteroatoms. The lowest BCUT2D eigenvalue weighted by Crippen LogP contribution is -2.44. The summed E-state index contributed by atoms with van der Waals surface area (Å²) >= 11 is 0. The first-order valence-corrected chi connectivity index (χ1v) is 10.2. The van der Waals surface area contributed by atoms with Crippen LogP contribution < -0.4 is 5.32 Å². The fourth-order valence-electron chi connectivity index (χ4n) is 6.52. The smallest absolute Gasteiger partial charge is 0.219 e. The van der Waals surface area contributed by atoms with Crippen molar-refractivity contribution < 1.29 is 14.4 Å². The van der Waals surface area contributed by atoms with Gasteiger partial charge in [0.2, 0.25) is 5.91 Å². The number of fused-ring (bicyclic) bond motifs is 5. The van der Waals surface area contributed by atoms with Gasteiger partial charge in [0.05, 0.1) is 5.71 Å². The Balaban J connectivity index is 1.67. The van der Waals surface area contributed by atoms with Gasteiger partial charge in [0, 0.05) is 18.9 Å². The first-order valence-electron chi connectivity index (χ1n) is 10.2. The molecule has 5 atom stereocenters. The normalized spacial score (nSPS) is 36.0. The summed E-state index contributed by atoms with van der Waals surface area (Å²) in [4.78, 5) is 11.8. The largest absolute Gasteiger partial charge is 0.411 e. The lowest BCUT2D eigenvalue weighted by Gasteiger charge is -2.50. The summed E-state index contributed by atoms with van der Waals surface area (Å²) in [6, 6.07) is 5.51. The molecule has 1 amide bonds. The van der Waals surface area contributed by atoms with Crippen LogP contribution in [0.5, 0.6) is 0 Å². The molecule has 3 unspecified atom stereocenters. The van der Waals surface area contributed by atoms with Crippen molar-refractivity contribution >= 4 is 11.6 Å². The van der Waals surface area contributed by atoms with E-state index in [2.05, 4.69) is 23.5 Å². The SMILES string of the molecule is CNC(=O)CC[C@@H]1C/C(=N\O)[C@@]2(C)CCC3c4cccc(F)c4CCC3C12. The molecule has 2 saturated carbocycles. The van der Waals surface area contributed by atoms with E-state index in [1.807, 2.05) is 6.07 Å². The number of carbonyl (C=O) groups is 1. The van der Waals surface area contributed by atoms with E-state index in [0.29, 0.717) is 30.1 Å². The van der Waals surface area contributed by atoms with Crippen molar-refractivity contribution in [2.24, 2.45) is 28.3 Å². The second-order valence-corrected chi connectivity index (χ2v) is 8.82. The molecular formula is C22H29FN2O2. The highest BCUT2D eigenvalue weighted by molar-refractivity contribution is 5.92. The lowest BCUT2D eigenvalue weighted by atomic mass is 9.54. The zero-order valence-electron chi connectivity index (χ0n) is 16.2. The molecule has 0 bridgehead atoms. The minimum atomic E-state index is -0.103. The van der Waals surface area contributed by atoms with Gasteiger partial charge >= 0.3 is 0 Å². The van der Waals surface area contributed by atoms with Crippen LogP contribution in [0.25, 0.3) is 0 Å². The van der Waals surface area contributed by atoms with Gasteiger partial charge in [-0.25, -0.2) is 4.39 Å². The van der Waals surface area contributed by atoms with E-state index in [1.54, 1.807) is 13.1 Å². The molecule has 2 N–H and O–H groups in total. The lowest BCUT2D eigenvalue weighted by molar-refractivity contribution is -0.121. The summed E-state index contributed by atoms with van der Waals surface area (Å²) < 4.78 is 14.3. The molecule has 4 rings (SSSR count). The molecule has 0 aliphatic heterocycles. The summed E-state index contributed by atoms with van der Waals surface area (Å²) in [5, 5.41) is 16.1. The molecule has 2 fully saturated rings. The monoisotopic (exact) mass is 372 g/mol. The average Bonchev–Trinajstić information content (AvgIpc) is 2.97. The molecule has 0 radical (unpaired) electrons. The van der Waals surface area contributed by atoms with Crippen LogP contribution >= 0.6 is 0 Å². The van der Waals surface area contributed by atoms with Gasteiger partial charge in [-0.05, 0) is 79.4 Å². The molecule has 4 nitrogen and oxygen atoms in total. The van der Waals surface area contributed by atoms with E-state index < -0.39 is 0 Å². The molecular weight excluding hydrogens is 343 g/mol. The summed E-state index contributed by atoms with van der Waals surface area (Å²) in [5.41, 5.74) is 2.89. The van der Waals surface area contributed by atoms with E-state index in [9.17, 15) is 14.4 Å². The molecule has 0 spiro atoms. The number of amides is 1. The minimum absolute atomic E-state index is 0.0644. The summed E-state index contributed by atoms with van der Waals surface area (Å²) in [7, 11) is 1.67. The predicted molar refractivity (Wildman–Crippen MR) is 102 cm³/mol. The second-order valence-electron chi connectivity index (χ2n) is 8.82. The molecule has 1 aromatic rings. The molecule has 0 heterocycles. The summed E-state index contributed by atoms with van der Waals surface area (Å²) in [6.45, 7) is 2.24. The Bertz CT molecular complexity index is 778. The highest BCUT2D eigenvalue weighted by atomic mass is 19.1. The van der Waals surface area contributed by atoms with Gasteiger partial charge in [-0.15, -0.1) is 0 Å². The third kappa shape index (κ3) is 2.86. The van der Waals surface area contributed by atoms with Crippen molar-refractivity contribution in [3.8, 4) is 0 Å². The average molecular weight is 372 g/mol. The van der Waals surface area contributed by atoms with Gasteiger partial charge in [-0.1, -0.05) is 24.2 Å². The van der Waals surface area contributed by atoms with Crippen LogP contribution in [0.15, 0.2) is 23.4 Å². The van der Waals surface area contributed by atoms with Crippen LogP contribution in [0.2, 0.25) is 0 Å². The number of nitrogens with zero attached hydrogens (tertiary/aromatic N) is 1. The quantitative estimate of drug-likeness (QED) is 0.615. The van der Waals surface area contributed by atoms with Gasteiger partial charge in [0.15, 0.2) is 0 Å². The molecule has 3 aliphatic carbocycles. The van der Waals surface area contributed by atoms with Crippen molar-refractivity contribution in [2.75, 3.05) is 7.05 Å². The van der Waals surface area contributed by atoms with E-state index in [4.69, 9.17) is 0 Å². The van der Waals surface area contributed by atoms with Crippen LogP contribution in [0.4, 0.5) is 4.39 Å². The zero-order valence-corrected chi connectivity index (χ0v) is 16.2. The number of carbonyl (C=O) groups excluding carboxylic acids is 1. The van der Waals surface area contributed by atoms with E-state index in [-0.39, 0.29) is 17.1 Å². The number of nitrogens with one attached hydrogen (secondary N) is 1. The Labute approximate surface area is 160 Å². The van der Waals surface area contributed by atoms with Gasteiger partial charge < -0.3 is 10.5 Å². The van der Waals surface area contributed by atoms with Crippen LogP contribution in [0.1, 0.15) is 62.5 Å². The van der Waals surface area contributed by atoms with Crippen molar-refractivity contribution in [3.63, 3.8) is 0 Å². The van der Waals surface area contributed by atoms with E-state index in [0.717, 1.165) is 49.8 Å². The first kappa shape index (κ1) is 18.5. The predicted octanol–water partition coefficient (Wildman–Crippen LogP) is 4.26. The number of hydrogen-bond acceptors (Lipinski definition) is 3. The van der Waals surface area contributed by atoms with E-state index in [1.165, 1.54) is 5.56 Å². The Morgan fingerprint density at radius 3 is 2.96 bits per heavy atom. The number of rotatable bonds is 3. The highest BCUT2D eigenvalue weighted by Gasteiger charge is 2.57. The topological polar surface area (TPSA) is 61.7 Å². The standard InChI is InChI=1S/C22H29FN2O2/c1-22-11-10-15-14-4-3-5-18(23)16(14)7-8-17(15)21(22)13(12-19(22)25-27)6-9-20(26)24-2/h3-5,13,15,17,21,27H,6-12H2,1-2H3,(H,24,26)/b25-19+/t13-,15?,17?,21?,22-/m1/s1. The molecule has 0 aromatic heterocycles. The molecule has 1 aromatic carbocycles. The minimum Gasteiger partial charge on any atom is -0.411 e. The molecule has 146 valence electrons. The van der Waals surface area contributed by atoms with Crippen LogP contribution in [-0.4, -0.2) is 23.9 Å². The van der Waals surface area contributed by atoms with Gasteiger partial charge in [-0.3, -0.25) is 4.79 Å². The Hall–Kier alpha value is -1.91. The van der Waals surface area contributed by atoms with Crippen LogP contribution in [0.3, 0.4) is 0 Å². The fourth-order valence-corrected chi connectivity index (χ4v) is 6.52. The summed E-state index contributed by atoms with van der Waals surface area (Å²) in [5.74, 6) is 1.58. The van der Waals surface area contributed by atoms with Crippen molar-refractivity contribution in [1.82, 2.24) is 5.32 Å². The third-order valence-electron chi connectivity index (χ3n) is 7.74. The van der Waals surface area contributed by atoms with Crippen molar-refractivity contribution in [2.45, 2.75) is 57.8 Å². The van der Waals surface area contributed by atoms with Gasteiger partial charge in [0.1, 0.15) is 5.82 Å². The maximum atomic E-state index is 14.3. The highest BCUT2D eigenvalue weighted by Crippen LogP contribution is 2.62. The Kier molecular flexibility index (Phi) is 4.73. The second kappa shape index (κ2) is 6.92. The Morgan fingerprint density at radius 1 is 1.41 bits per heavy atom. The molecule has 3 aliphatic rings. The third-order valence-corrected chi connectivity index (χ3v) is 7.74. The zero-order chi connectivity index (χ0) is 19.2. The van der Waals surface area contributed by atoms with Crippen LogP contribution in [0, 0.1) is 29.0 Å². The number of oxime groups is 1. The molecule has 0 saturated heterocycles. The maximum absolute atomic E-state index is 14.3. The number of benzene rings is 1. The van der Waals surface area contributed by atoms with Gasteiger partial charge in [0.25, 0.3) is 0 Å². The van der Waals surface area contributed by atoms with Gasteiger partial charge in [-0.2, -0.15) is 0 Å². The number of hydrogen-bond donors (Lipinski definition) is 2. The maximum Gasteiger partial charge on any atom is 0.219 e.